The third-order valence-electron chi connectivity index (χ3n) is 7.89. The highest BCUT2D eigenvalue weighted by molar-refractivity contribution is 5.90. The summed E-state index contributed by atoms with van der Waals surface area (Å²) in [5.41, 5.74) is 30.4. The van der Waals surface area contributed by atoms with Crippen LogP contribution in [0.5, 0.6) is 0 Å². The fourth-order valence-corrected chi connectivity index (χ4v) is 6.43. The van der Waals surface area contributed by atoms with Crippen molar-refractivity contribution in [2.75, 3.05) is 0 Å². The van der Waals surface area contributed by atoms with Crippen molar-refractivity contribution in [1.82, 2.24) is 0 Å². The molecule has 0 atom stereocenters. The molecule has 3 nitrogen and oxygen atoms in total. The molecule has 0 aliphatic heterocycles. The fourth-order valence-electron chi connectivity index (χ4n) is 6.43. The third-order valence-corrected chi connectivity index (χ3v) is 7.89. The van der Waals surface area contributed by atoms with Gasteiger partial charge in [0, 0.05) is 12.0 Å². The maximum atomic E-state index is 6.28. The second-order valence-corrected chi connectivity index (χ2v) is 9.84. The zero-order valence-electron chi connectivity index (χ0n) is 19.1. The van der Waals surface area contributed by atoms with Gasteiger partial charge in [-0.2, -0.15) is 0 Å². The summed E-state index contributed by atoms with van der Waals surface area (Å²) in [6, 6.07) is 30.9. The Hall–Kier alpha value is -3.24. The fraction of sp³-hybridized carbons (Fsp3) is 0.200. The summed E-state index contributed by atoms with van der Waals surface area (Å²) >= 11 is 0. The van der Waals surface area contributed by atoms with Crippen molar-refractivity contribution in [3.8, 4) is 11.1 Å². The van der Waals surface area contributed by atoms with E-state index in [2.05, 4.69) is 98.8 Å². The van der Waals surface area contributed by atoms with Crippen LogP contribution in [0.15, 0.2) is 84.9 Å². The quantitative estimate of drug-likeness (QED) is 0.342. The molecule has 0 aromatic heterocycles. The van der Waals surface area contributed by atoms with Gasteiger partial charge < -0.3 is 17.2 Å². The SMILES string of the molecule is CC1(C)c2ccccc2C2(c3ccc(C(N)N)cc3-c3c(CN)cccc32)c2ccccc21. The first-order valence-electron chi connectivity index (χ1n) is 11.6. The lowest BCUT2D eigenvalue weighted by atomic mass is 9.55. The molecule has 3 heteroatoms. The summed E-state index contributed by atoms with van der Waals surface area (Å²) in [5, 5.41) is 0. The van der Waals surface area contributed by atoms with Crippen LogP contribution in [-0.2, 0) is 17.4 Å². The average molecular weight is 432 g/mol. The molecule has 2 aliphatic rings. The molecule has 0 unspecified atom stereocenters. The van der Waals surface area contributed by atoms with E-state index in [1.807, 2.05) is 0 Å². The average Bonchev–Trinajstić information content (AvgIpc) is 3.13. The highest BCUT2D eigenvalue weighted by atomic mass is 14.8. The highest BCUT2D eigenvalue weighted by Gasteiger charge is 2.53. The highest BCUT2D eigenvalue weighted by Crippen LogP contribution is 2.62. The van der Waals surface area contributed by atoms with Gasteiger partial charge in [-0.15, -0.1) is 0 Å². The van der Waals surface area contributed by atoms with E-state index in [4.69, 9.17) is 17.2 Å². The molecular formula is C30H29N3. The second-order valence-electron chi connectivity index (χ2n) is 9.84. The number of rotatable bonds is 2. The van der Waals surface area contributed by atoms with Gasteiger partial charge in [-0.05, 0) is 61.7 Å². The van der Waals surface area contributed by atoms with Gasteiger partial charge in [0.15, 0.2) is 0 Å². The molecular weight excluding hydrogens is 402 g/mol. The van der Waals surface area contributed by atoms with Crippen LogP contribution >= 0.6 is 0 Å². The first-order valence-corrected chi connectivity index (χ1v) is 11.6. The lowest BCUT2D eigenvalue weighted by molar-refractivity contribution is 0.563. The van der Waals surface area contributed by atoms with Crippen LogP contribution in [0.25, 0.3) is 11.1 Å². The van der Waals surface area contributed by atoms with Gasteiger partial charge in [-0.1, -0.05) is 92.7 Å². The van der Waals surface area contributed by atoms with Crippen molar-refractivity contribution >= 4 is 0 Å². The van der Waals surface area contributed by atoms with Gasteiger partial charge in [0.25, 0.3) is 0 Å². The Balaban J connectivity index is 1.85. The minimum absolute atomic E-state index is 0.105. The second kappa shape index (κ2) is 6.88. The monoisotopic (exact) mass is 431 g/mol. The predicted octanol–water partition coefficient (Wildman–Crippen LogP) is 5.06. The van der Waals surface area contributed by atoms with Crippen molar-refractivity contribution in [2.45, 2.75) is 37.4 Å². The Morgan fingerprint density at radius 3 is 1.82 bits per heavy atom. The summed E-state index contributed by atoms with van der Waals surface area (Å²) in [6.07, 6.45) is -0.523. The van der Waals surface area contributed by atoms with Crippen molar-refractivity contribution in [3.05, 3.63) is 129 Å². The predicted molar refractivity (Wildman–Crippen MR) is 135 cm³/mol. The van der Waals surface area contributed by atoms with Gasteiger partial charge >= 0.3 is 0 Å². The number of benzene rings is 4. The van der Waals surface area contributed by atoms with Gasteiger partial charge in [0.05, 0.1) is 11.6 Å². The molecule has 33 heavy (non-hydrogen) atoms. The zero-order valence-corrected chi connectivity index (χ0v) is 19.1. The number of hydrogen-bond donors (Lipinski definition) is 3. The third kappa shape index (κ3) is 2.45. The Kier molecular flexibility index (Phi) is 4.25. The largest absolute Gasteiger partial charge is 0.326 e. The topological polar surface area (TPSA) is 78.1 Å². The summed E-state index contributed by atoms with van der Waals surface area (Å²) < 4.78 is 0. The first-order chi connectivity index (χ1) is 15.9. The Bertz CT molecular complexity index is 1360. The van der Waals surface area contributed by atoms with E-state index in [0.717, 1.165) is 11.1 Å². The van der Waals surface area contributed by atoms with Crippen LogP contribution in [0, 0.1) is 0 Å². The standard InChI is InChI=1S/C30H29N3/c1-29(2)22-9-3-5-11-24(22)30(25-12-6-4-10-23(25)29)21-15-14-18(28(32)33)16-20(21)27-19(17-31)8-7-13-26(27)30/h3-16,28H,17,31-33H2,1-2H3. The maximum absolute atomic E-state index is 6.28. The van der Waals surface area contributed by atoms with Gasteiger partial charge in [-0.3, -0.25) is 0 Å². The van der Waals surface area contributed by atoms with Crippen molar-refractivity contribution in [3.63, 3.8) is 0 Å². The zero-order chi connectivity index (χ0) is 23.0. The van der Waals surface area contributed by atoms with E-state index >= 15 is 0 Å². The van der Waals surface area contributed by atoms with Gasteiger partial charge in [0.1, 0.15) is 0 Å². The molecule has 2 aliphatic carbocycles. The van der Waals surface area contributed by atoms with Crippen LogP contribution in [0.4, 0.5) is 0 Å². The van der Waals surface area contributed by atoms with Gasteiger partial charge in [0.2, 0.25) is 0 Å². The minimum Gasteiger partial charge on any atom is -0.326 e. The normalized spacial score (nSPS) is 16.3. The molecule has 0 fully saturated rings. The van der Waals surface area contributed by atoms with E-state index in [9.17, 15) is 0 Å². The molecule has 164 valence electrons. The molecule has 0 radical (unpaired) electrons. The lowest BCUT2D eigenvalue weighted by Crippen LogP contribution is -2.40. The van der Waals surface area contributed by atoms with Crippen molar-refractivity contribution in [1.29, 1.82) is 0 Å². The van der Waals surface area contributed by atoms with Crippen LogP contribution in [0.2, 0.25) is 0 Å². The van der Waals surface area contributed by atoms with Crippen LogP contribution in [-0.4, -0.2) is 0 Å². The van der Waals surface area contributed by atoms with E-state index in [0.29, 0.717) is 6.54 Å². The summed E-state index contributed by atoms with van der Waals surface area (Å²) in [6.45, 7) is 5.15. The lowest BCUT2D eigenvalue weighted by Gasteiger charge is -2.46. The summed E-state index contributed by atoms with van der Waals surface area (Å²) in [4.78, 5) is 0. The number of nitrogens with two attached hydrogens (primary N) is 3. The van der Waals surface area contributed by atoms with E-state index < -0.39 is 11.6 Å². The molecule has 4 aromatic carbocycles. The molecule has 0 saturated carbocycles. The molecule has 0 bridgehead atoms. The van der Waals surface area contributed by atoms with Crippen molar-refractivity contribution in [2.24, 2.45) is 17.2 Å². The summed E-state index contributed by atoms with van der Waals surface area (Å²) in [7, 11) is 0. The Morgan fingerprint density at radius 2 is 1.24 bits per heavy atom. The van der Waals surface area contributed by atoms with Crippen LogP contribution < -0.4 is 17.2 Å². The molecule has 0 heterocycles. The van der Waals surface area contributed by atoms with E-state index in [1.54, 1.807) is 0 Å². The molecule has 4 aromatic rings. The van der Waals surface area contributed by atoms with E-state index in [-0.39, 0.29) is 5.41 Å². The van der Waals surface area contributed by atoms with Crippen LogP contribution in [0.1, 0.15) is 64.5 Å². The molecule has 0 amide bonds. The van der Waals surface area contributed by atoms with Crippen LogP contribution in [0.3, 0.4) is 0 Å². The molecule has 1 spiro atoms. The van der Waals surface area contributed by atoms with Gasteiger partial charge in [-0.25, -0.2) is 0 Å². The number of fused-ring (bicyclic) bond motifs is 9. The summed E-state index contributed by atoms with van der Waals surface area (Å²) in [5.74, 6) is 0. The smallest absolute Gasteiger partial charge is 0.0784 e. The Morgan fingerprint density at radius 1 is 0.667 bits per heavy atom. The minimum atomic E-state index is -0.523. The molecule has 6 rings (SSSR count). The first kappa shape index (κ1) is 20.4. The molecule has 6 N–H and O–H groups in total. The maximum Gasteiger partial charge on any atom is 0.0784 e. The van der Waals surface area contributed by atoms with E-state index in [1.165, 1.54) is 44.5 Å². The molecule has 0 saturated heterocycles. The number of hydrogen-bond acceptors (Lipinski definition) is 3. The van der Waals surface area contributed by atoms with Crippen molar-refractivity contribution < 1.29 is 0 Å². The Labute approximate surface area is 195 Å².